The van der Waals surface area contributed by atoms with Gasteiger partial charge in [0, 0.05) is 62.3 Å². The summed E-state index contributed by atoms with van der Waals surface area (Å²) in [6.07, 6.45) is 4.69. The minimum Gasteiger partial charge on any atom is -0.480 e. The average Bonchev–Trinajstić information content (AvgIpc) is 3.33. The Kier molecular flexibility index (Phi) is 10.8. The number of aryl methyl sites for hydroxylation is 1. The lowest BCUT2D eigenvalue weighted by atomic mass is 9.88. The minimum atomic E-state index is -0.0859. The van der Waals surface area contributed by atoms with E-state index in [0.29, 0.717) is 30.1 Å². The van der Waals surface area contributed by atoms with E-state index < -0.39 is 0 Å². The number of nitrogens with zero attached hydrogens (tertiary/aromatic N) is 5. The predicted molar refractivity (Wildman–Crippen MR) is 181 cm³/mol. The van der Waals surface area contributed by atoms with Crippen molar-refractivity contribution in [2.24, 2.45) is 7.05 Å². The summed E-state index contributed by atoms with van der Waals surface area (Å²) >= 11 is 0. The Hall–Kier alpha value is -3.40. The highest BCUT2D eigenvalue weighted by Gasteiger charge is 2.28. The van der Waals surface area contributed by atoms with Crippen LogP contribution < -0.4 is 15.0 Å². The zero-order chi connectivity index (χ0) is 32.1. The number of aromatic nitrogens is 2. The van der Waals surface area contributed by atoms with Crippen molar-refractivity contribution in [2.45, 2.75) is 71.6 Å². The SMILES string of the molecule is CCN(c1cc(-c2ccc(CN3CCOCC3)cc2)cc(C(=O)NCc2c(OC)nn(C)c2C)c1C)C1CCC(N(C)C)CC1. The number of morpholine rings is 1. The van der Waals surface area contributed by atoms with Gasteiger partial charge in [0.05, 0.1) is 32.4 Å². The van der Waals surface area contributed by atoms with Crippen LogP contribution in [-0.2, 0) is 24.9 Å². The van der Waals surface area contributed by atoms with E-state index in [4.69, 9.17) is 9.47 Å². The first-order valence-electron chi connectivity index (χ1n) is 16.5. The largest absolute Gasteiger partial charge is 0.480 e. The number of hydrogen-bond donors (Lipinski definition) is 1. The lowest BCUT2D eigenvalue weighted by Crippen LogP contribution is -2.42. The van der Waals surface area contributed by atoms with Gasteiger partial charge in [0.2, 0.25) is 5.88 Å². The van der Waals surface area contributed by atoms with Gasteiger partial charge in [-0.05, 0) is 94.9 Å². The fraction of sp³-hybridized carbons (Fsp3) is 0.556. The molecular weight excluding hydrogens is 564 g/mol. The van der Waals surface area contributed by atoms with Crippen molar-refractivity contribution in [3.63, 3.8) is 0 Å². The first-order chi connectivity index (χ1) is 21.7. The summed E-state index contributed by atoms with van der Waals surface area (Å²) < 4.78 is 12.8. The Balaban J connectivity index is 1.45. The van der Waals surface area contributed by atoms with E-state index in [-0.39, 0.29) is 5.91 Å². The quantitative estimate of drug-likeness (QED) is 0.319. The molecule has 1 saturated carbocycles. The Labute approximate surface area is 269 Å². The predicted octanol–water partition coefficient (Wildman–Crippen LogP) is 5.17. The van der Waals surface area contributed by atoms with Crippen LogP contribution in [0.3, 0.4) is 0 Å². The van der Waals surface area contributed by atoms with E-state index in [1.165, 1.54) is 18.4 Å². The van der Waals surface area contributed by atoms with Crippen LogP contribution in [-0.4, -0.2) is 91.6 Å². The van der Waals surface area contributed by atoms with Crippen LogP contribution >= 0.6 is 0 Å². The summed E-state index contributed by atoms with van der Waals surface area (Å²) in [5.41, 5.74) is 8.22. The number of amides is 1. The van der Waals surface area contributed by atoms with E-state index in [1.807, 2.05) is 14.0 Å². The van der Waals surface area contributed by atoms with E-state index >= 15 is 0 Å². The molecule has 1 aliphatic carbocycles. The number of anilines is 1. The van der Waals surface area contributed by atoms with Gasteiger partial charge in [0.15, 0.2) is 0 Å². The molecule has 2 aromatic carbocycles. The molecule has 45 heavy (non-hydrogen) atoms. The molecule has 0 unspecified atom stereocenters. The van der Waals surface area contributed by atoms with Crippen molar-refractivity contribution in [3.8, 4) is 17.0 Å². The topological polar surface area (TPSA) is 75.1 Å². The van der Waals surface area contributed by atoms with Gasteiger partial charge >= 0.3 is 0 Å². The first kappa shape index (κ1) is 33.0. The van der Waals surface area contributed by atoms with Crippen LogP contribution in [0, 0.1) is 13.8 Å². The smallest absolute Gasteiger partial charge is 0.251 e. The molecule has 3 aromatic rings. The minimum absolute atomic E-state index is 0.0859. The van der Waals surface area contributed by atoms with Crippen molar-refractivity contribution in [3.05, 3.63) is 64.3 Å². The highest BCUT2D eigenvalue weighted by atomic mass is 16.5. The summed E-state index contributed by atoms with van der Waals surface area (Å²) in [7, 11) is 7.89. The maximum Gasteiger partial charge on any atom is 0.251 e. The van der Waals surface area contributed by atoms with Crippen LogP contribution in [0.1, 0.15) is 65.3 Å². The zero-order valence-corrected chi connectivity index (χ0v) is 28.4. The van der Waals surface area contributed by atoms with Crippen molar-refractivity contribution in [1.29, 1.82) is 0 Å². The standard InChI is InChI=1S/C36H52N6O3/c1-8-42(31-15-13-30(14-16-31)39(4)5)34-22-29(28-11-9-27(10-12-28)24-41-17-19-45-20-18-41)21-32(25(34)2)35(43)37-23-33-26(3)40(6)38-36(33)44-7/h9-12,21-22,30-31H,8,13-20,23-24H2,1-7H3,(H,37,43). The van der Waals surface area contributed by atoms with Crippen LogP contribution in [0.15, 0.2) is 36.4 Å². The fourth-order valence-electron chi connectivity index (χ4n) is 6.98. The number of carbonyl (C=O) groups excluding carboxylic acids is 1. The number of ether oxygens (including phenoxy) is 2. The number of benzene rings is 2. The van der Waals surface area contributed by atoms with Crippen molar-refractivity contribution in [2.75, 3.05) is 59.0 Å². The number of methoxy groups -OCH3 is 1. The molecule has 5 rings (SSSR count). The Morgan fingerprint density at radius 3 is 2.31 bits per heavy atom. The van der Waals surface area contributed by atoms with E-state index in [2.05, 4.69) is 89.5 Å². The van der Waals surface area contributed by atoms with Crippen LogP contribution in [0.25, 0.3) is 11.1 Å². The molecule has 1 N–H and O–H groups in total. The fourth-order valence-corrected chi connectivity index (χ4v) is 6.98. The molecule has 1 aromatic heterocycles. The van der Waals surface area contributed by atoms with E-state index in [9.17, 15) is 4.79 Å². The molecular formula is C36H52N6O3. The second-order valence-electron chi connectivity index (χ2n) is 12.8. The summed E-state index contributed by atoms with van der Waals surface area (Å²) in [4.78, 5) is 21.3. The molecule has 9 nitrogen and oxygen atoms in total. The number of carbonyl (C=O) groups is 1. The lowest BCUT2D eigenvalue weighted by molar-refractivity contribution is 0.0342. The van der Waals surface area contributed by atoms with Gasteiger partial charge in [-0.2, -0.15) is 0 Å². The summed E-state index contributed by atoms with van der Waals surface area (Å²) in [5, 5.41) is 7.62. The van der Waals surface area contributed by atoms with Crippen LogP contribution in [0.4, 0.5) is 5.69 Å². The molecule has 1 saturated heterocycles. The molecule has 2 aliphatic rings. The van der Waals surface area contributed by atoms with Gasteiger partial charge in [-0.1, -0.05) is 24.3 Å². The zero-order valence-electron chi connectivity index (χ0n) is 28.4. The van der Waals surface area contributed by atoms with Crippen molar-refractivity contribution in [1.82, 2.24) is 24.9 Å². The van der Waals surface area contributed by atoms with Gasteiger partial charge in [-0.25, -0.2) is 0 Å². The van der Waals surface area contributed by atoms with Gasteiger partial charge in [0.1, 0.15) is 0 Å². The average molecular weight is 617 g/mol. The Bertz CT molecular complexity index is 1440. The highest BCUT2D eigenvalue weighted by molar-refractivity contribution is 5.99. The second-order valence-corrected chi connectivity index (χ2v) is 12.8. The number of hydrogen-bond acceptors (Lipinski definition) is 7. The second kappa shape index (κ2) is 14.8. The maximum atomic E-state index is 14.0. The highest BCUT2D eigenvalue weighted by Crippen LogP contribution is 2.36. The normalized spacial score (nSPS) is 19.1. The van der Waals surface area contributed by atoms with Crippen molar-refractivity contribution >= 4 is 11.6 Å². The number of rotatable bonds is 11. The molecule has 244 valence electrons. The summed E-state index contributed by atoms with van der Waals surface area (Å²) in [6, 6.07) is 14.3. The molecule has 2 fully saturated rings. The third-order valence-electron chi connectivity index (χ3n) is 9.95. The molecule has 2 heterocycles. The van der Waals surface area contributed by atoms with E-state index in [0.717, 1.165) is 85.9 Å². The summed E-state index contributed by atoms with van der Waals surface area (Å²) in [5.74, 6) is 0.460. The van der Waals surface area contributed by atoms with Crippen LogP contribution in [0.5, 0.6) is 5.88 Å². The maximum absolute atomic E-state index is 14.0. The first-order valence-corrected chi connectivity index (χ1v) is 16.5. The van der Waals surface area contributed by atoms with Gasteiger partial charge in [-0.3, -0.25) is 14.4 Å². The lowest BCUT2D eigenvalue weighted by Gasteiger charge is -2.40. The van der Waals surface area contributed by atoms with Gasteiger partial charge in [-0.15, -0.1) is 5.10 Å². The molecule has 1 amide bonds. The molecule has 0 spiro atoms. The Morgan fingerprint density at radius 1 is 1.02 bits per heavy atom. The Morgan fingerprint density at radius 2 is 1.69 bits per heavy atom. The molecule has 0 bridgehead atoms. The molecule has 0 atom stereocenters. The van der Waals surface area contributed by atoms with E-state index in [1.54, 1.807) is 11.8 Å². The van der Waals surface area contributed by atoms with Gasteiger partial charge in [0.25, 0.3) is 5.91 Å². The molecule has 9 heteroatoms. The van der Waals surface area contributed by atoms with Crippen molar-refractivity contribution < 1.29 is 14.3 Å². The molecule has 1 aliphatic heterocycles. The number of nitrogens with one attached hydrogen (secondary N) is 1. The monoisotopic (exact) mass is 616 g/mol. The molecule has 0 radical (unpaired) electrons. The summed E-state index contributed by atoms with van der Waals surface area (Å²) in [6.45, 7) is 12.0. The van der Waals surface area contributed by atoms with Gasteiger partial charge < -0.3 is 24.6 Å². The van der Waals surface area contributed by atoms with Crippen LogP contribution in [0.2, 0.25) is 0 Å². The third kappa shape index (κ3) is 7.54. The third-order valence-corrected chi connectivity index (χ3v) is 9.95.